The average molecular weight is 663 g/mol. The summed E-state index contributed by atoms with van der Waals surface area (Å²) in [5, 5.41) is 0. The van der Waals surface area contributed by atoms with Gasteiger partial charge in [0.25, 0.3) is 0 Å². The zero-order chi connectivity index (χ0) is 34.9. The number of rotatable bonds is 10. The van der Waals surface area contributed by atoms with Gasteiger partial charge in [0.2, 0.25) is 0 Å². The number of benzene rings is 6. The second-order valence-electron chi connectivity index (χ2n) is 10.7. The smallest absolute Gasteiger partial charge is 0.344 e. The molecule has 0 unspecified atom stereocenters. The van der Waals surface area contributed by atoms with Gasteiger partial charge in [0.15, 0.2) is 5.78 Å². The van der Waals surface area contributed by atoms with Crippen molar-refractivity contribution in [3.8, 4) is 23.0 Å². The van der Waals surface area contributed by atoms with E-state index in [4.69, 9.17) is 18.9 Å². The van der Waals surface area contributed by atoms with Crippen molar-refractivity contribution >= 4 is 29.7 Å². The summed E-state index contributed by atoms with van der Waals surface area (Å²) in [5.41, 5.74) is -0.763. The summed E-state index contributed by atoms with van der Waals surface area (Å²) in [6.45, 7) is 0. The van der Waals surface area contributed by atoms with Gasteiger partial charge in [-0.05, 0) is 72.8 Å². The zero-order valence-electron chi connectivity index (χ0n) is 26.2. The minimum absolute atomic E-state index is 0.0109. The van der Waals surface area contributed by atoms with Gasteiger partial charge in [-0.3, -0.25) is 4.79 Å². The van der Waals surface area contributed by atoms with Crippen molar-refractivity contribution in [2.24, 2.45) is 0 Å². The maximum atomic E-state index is 13.9. The van der Waals surface area contributed by atoms with E-state index < -0.39 is 29.7 Å². The SMILES string of the molecule is O=C(c1ccc(C(=O)Oc2ccccc2)c(C(=O)Oc2ccccc2)c1)c1ccc(C(=O)Oc2ccccc2)c(C(=O)Oc2ccccc2)c1. The summed E-state index contributed by atoms with van der Waals surface area (Å²) in [7, 11) is 0. The van der Waals surface area contributed by atoms with Crippen LogP contribution in [0.15, 0.2) is 158 Å². The standard InChI is InChI=1S/C41H26O9/c42-37(27-21-23-33(38(43)47-29-13-5-1-6-14-29)35(25-27)40(45)49-31-17-9-3-10-18-31)28-22-24-34(39(44)48-30-15-7-2-8-16-30)36(26-28)41(46)50-32-19-11-4-12-20-32/h1-26H. The zero-order valence-corrected chi connectivity index (χ0v) is 26.2. The molecule has 0 amide bonds. The summed E-state index contributed by atoms with van der Waals surface area (Å²) < 4.78 is 22.0. The molecule has 0 fully saturated rings. The number of ketones is 1. The monoisotopic (exact) mass is 662 g/mol. The van der Waals surface area contributed by atoms with E-state index in [-0.39, 0.29) is 56.4 Å². The van der Waals surface area contributed by atoms with E-state index in [9.17, 15) is 24.0 Å². The van der Waals surface area contributed by atoms with E-state index >= 15 is 0 Å². The lowest BCUT2D eigenvalue weighted by atomic mass is 9.95. The second kappa shape index (κ2) is 15.2. The van der Waals surface area contributed by atoms with Crippen LogP contribution in [-0.2, 0) is 0 Å². The van der Waals surface area contributed by atoms with Gasteiger partial charge in [-0.15, -0.1) is 0 Å². The van der Waals surface area contributed by atoms with Crippen LogP contribution in [-0.4, -0.2) is 29.7 Å². The predicted octanol–water partition coefficient (Wildman–Crippen LogP) is 7.79. The van der Waals surface area contributed by atoms with Gasteiger partial charge in [0.05, 0.1) is 22.3 Å². The fraction of sp³-hybridized carbons (Fsp3) is 0. The van der Waals surface area contributed by atoms with Crippen molar-refractivity contribution in [2.75, 3.05) is 0 Å². The molecule has 0 bridgehead atoms. The molecule has 50 heavy (non-hydrogen) atoms. The molecule has 0 saturated carbocycles. The van der Waals surface area contributed by atoms with Gasteiger partial charge in [0.1, 0.15) is 23.0 Å². The van der Waals surface area contributed by atoms with Crippen molar-refractivity contribution < 1.29 is 42.9 Å². The number of carbonyl (C=O) groups excluding carboxylic acids is 5. The minimum atomic E-state index is -0.906. The topological polar surface area (TPSA) is 122 Å². The Kier molecular flexibility index (Phi) is 9.96. The molecule has 9 nitrogen and oxygen atoms in total. The Morgan fingerprint density at radius 3 is 0.840 bits per heavy atom. The molecule has 0 N–H and O–H groups in total. The molecule has 0 atom stereocenters. The van der Waals surface area contributed by atoms with Crippen LogP contribution in [0.4, 0.5) is 0 Å². The molecule has 244 valence electrons. The summed E-state index contributed by atoms with van der Waals surface area (Å²) >= 11 is 0. The van der Waals surface area contributed by atoms with Crippen molar-refractivity contribution in [1.82, 2.24) is 0 Å². The van der Waals surface area contributed by atoms with Crippen LogP contribution in [0.25, 0.3) is 0 Å². The molecule has 0 spiro atoms. The lowest BCUT2D eigenvalue weighted by Crippen LogP contribution is -2.20. The minimum Gasteiger partial charge on any atom is -0.423 e. The average Bonchev–Trinajstić information content (AvgIpc) is 3.15. The Balaban J connectivity index is 1.36. The van der Waals surface area contributed by atoms with E-state index in [0.717, 1.165) is 0 Å². The number of hydrogen-bond acceptors (Lipinski definition) is 9. The number of carbonyl (C=O) groups is 5. The van der Waals surface area contributed by atoms with Crippen LogP contribution in [0, 0.1) is 0 Å². The van der Waals surface area contributed by atoms with E-state index in [1.807, 2.05) is 0 Å². The highest BCUT2D eigenvalue weighted by Crippen LogP contribution is 2.24. The highest BCUT2D eigenvalue weighted by atomic mass is 16.5. The van der Waals surface area contributed by atoms with E-state index in [2.05, 4.69) is 0 Å². The molecule has 6 aromatic rings. The third-order valence-corrected chi connectivity index (χ3v) is 7.26. The van der Waals surface area contributed by atoms with Gasteiger partial charge in [-0.2, -0.15) is 0 Å². The summed E-state index contributed by atoms with van der Waals surface area (Å²) in [6, 6.07) is 40.7. The first kappa shape index (κ1) is 32.8. The normalized spacial score (nSPS) is 10.4. The number of hydrogen-bond donors (Lipinski definition) is 0. The fourth-order valence-corrected chi connectivity index (χ4v) is 4.83. The van der Waals surface area contributed by atoms with Crippen molar-refractivity contribution in [1.29, 1.82) is 0 Å². The van der Waals surface area contributed by atoms with Crippen LogP contribution >= 0.6 is 0 Å². The molecule has 0 aliphatic carbocycles. The molecule has 6 rings (SSSR count). The molecule has 0 aliphatic heterocycles. The molecule has 0 radical (unpaired) electrons. The Hall–Kier alpha value is -7.13. The summed E-state index contributed by atoms with van der Waals surface area (Å²) in [4.78, 5) is 67.3. The molecular weight excluding hydrogens is 636 g/mol. The fourth-order valence-electron chi connectivity index (χ4n) is 4.83. The van der Waals surface area contributed by atoms with Gasteiger partial charge in [0, 0.05) is 11.1 Å². The Labute approximate surface area is 286 Å². The maximum absolute atomic E-state index is 13.9. The van der Waals surface area contributed by atoms with Crippen LogP contribution in [0.1, 0.15) is 57.4 Å². The molecule has 0 aromatic heterocycles. The van der Waals surface area contributed by atoms with Crippen molar-refractivity contribution in [3.05, 3.63) is 191 Å². The molecule has 0 aliphatic rings. The first-order valence-electron chi connectivity index (χ1n) is 15.3. The Morgan fingerprint density at radius 1 is 0.300 bits per heavy atom. The van der Waals surface area contributed by atoms with Crippen LogP contribution in [0.3, 0.4) is 0 Å². The molecule has 6 aromatic carbocycles. The molecule has 0 heterocycles. The summed E-state index contributed by atoms with van der Waals surface area (Å²) in [5.74, 6) is -3.19. The highest BCUT2D eigenvalue weighted by Gasteiger charge is 2.26. The van der Waals surface area contributed by atoms with Gasteiger partial charge < -0.3 is 18.9 Å². The molecule has 0 saturated heterocycles. The quantitative estimate of drug-likeness (QED) is 0.0822. The number of ether oxygens (including phenoxy) is 4. The highest BCUT2D eigenvalue weighted by molar-refractivity contribution is 6.14. The van der Waals surface area contributed by atoms with Gasteiger partial charge >= 0.3 is 23.9 Å². The van der Waals surface area contributed by atoms with E-state index in [1.54, 1.807) is 121 Å². The maximum Gasteiger partial charge on any atom is 0.344 e. The van der Waals surface area contributed by atoms with Crippen LogP contribution in [0.2, 0.25) is 0 Å². The lowest BCUT2D eigenvalue weighted by Gasteiger charge is -2.13. The Morgan fingerprint density at radius 2 is 0.560 bits per heavy atom. The Bertz CT molecular complexity index is 2020. The molecule has 9 heteroatoms. The lowest BCUT2D eigenvalue weighted by molar-refractivity contribution is 0.0691. The van der Waals surface area contributed by atoms with Gasteiger partial charge in [-0.1, -0.05) is 84.9 Å². The summed E-state index contributed by atoms with van der Waals surface area (Å²) in [6.07, 6.45) is 0. The predicted molar refractivity (Wildman–Crippen MR) is 182 cm³/mol. The number of esters is 4. The van der Waals surface area contributed by atoms with Crippen molar-refractivity contribution in [3.63, 3.8) is 0 Å². The second-order valence-corrected chi connectivity index (χ2v) is 10.7. The van der Waals surface area contributed by atoms with Crippen molar-refractivity contribution in [2.45, 2.75) is 0 Å². The molecular formula is C41H26O9. The van der Waals surface area contributed by atoms with Crippen LogP contribution in [0.5, 0.6) is 23.0 Å². The first-order valence-corrected chi connectivity index (χ1v) is 15.3. The third-order valence-electron chi connectivity index (χ3n) is 7.26. The largest absolute Gasteiger partial charge is 0.423 e. The van der Waals surface area contributed by atoms with E-state index in [0.29, 0.717) is 0 Å². The van der Waals surface area contributed by atoms with Crippen LogP contribution < -0.4 is 18.9 Å². The first-order chi connectivity index (χ1) is 24.4. The van der Waals surface area contributed by atoms with Gasteiger partial charge in [-0.25, -0.2) is 19.2 Å². The third kappa shape index (κ3) is 7.87. The number of para-hydroxylation sites is 4. The van der Waals surface area contributed by atoms with E-state index in [1.165, 1.54) is 36.4 Å².